The fourth-order valence-electron chi connectivity index (χ4n) is 2.93. The van der Waals surface area contributed by atoms with Crippen LogP contribution >= 0.6 is 0 Å². The molecule has 3 N–H and O–H groups in total. The molecule has 1 aliphatic heterocycles. The monoisotopic (exact) mass is 314 g/mol. The maximum Gasteiger partial charge on any atom is 0.242 e. The Morgan fingerprint density at radius 2 is 2.19 bits per heavy atom. The first-order valence-electron chi connectivity index (χ1n) is 7.47. The van der Waals surface area contributed by atoms with E-state index >= 15 is 0 Å². The molecule has 2 unspecified atom stereocenters. The van der Waals surface area contributed by atoms with Crippen molar-refractivity contribution in [2.75, 3.05) is 20.1 Å². The number of nitrogens with zero attached hydrogens (tertiary/aromatic N) is 2. The van der Waals surface area contributed by atoms with Crippen LogP contribution in [0.15, 0.2) is 17.2 Å². The predicted molar refractivity (Wildman–Crippen MR) is 83.4 cm³/mol. The molecule has 6 nitrogen and oxygen atoms in total. The predicted octanol–water partition coefficient (Wildman–Crippen LogP) is 0.585. The number of piperidine rings is 1. The number of nitrogens with two attached hydrogens (primary N) is 1. The summed E-state index contributed by atoms with van der Waals surface area (Å²) < 4.78 is 29.8. The third-order valence-electron chi connectivity index (χ3n) is 4.24. The molecule has 0 saturated carbocycles. The molecule has 2 rings (SSSR count). The van der Waals surface area contributed by atoms with Crippen LogP contribution in [-0.2, 0) is 23.1 Å². The minimum atomic E-state index is -3.48. The van der Waals surface area contributed by atoms with Crippen LogP contribution in [0.5, 0.6) is 0 Å². The average Bonchev–Trinajstić information content (AvgIpc) is 2.86. The number of nitrogens with one attached hydrogen (secondary N) is 1. The minimum Gasteiger partial charge on any atom is -0.349 e. The van der Waals surface area contributed by atoms with E-state index in [2.05, 4.69) is 23.6 Å². The lowest BCUT2D eigenvalue weighted by Crippen LogP contribution is -2.48. The Labute approximate surface area is 127 Å². The van der Waals surface area contributed by atoms with Crippen molar-refractivity contribution in [2.45, 2.75) is 44.3 Å². The average molecular weight is 314 g/mol. The summed E-state index contributed by atoms with van der Waals surface area (Å²) in [4.78, 5) is 2.55. The standard InChI is InChI=1S/C14H26N4O2S/c1-4-18-10-13(7-12(18)8-15)21(19,20)16-14-5-6-17(3)9-11(14)2/h7,10-11,14,16H,4-6,8-9,15H2,1-3H3. The molecule has 1 aromatic heterocycles. The summed E-state index contributed by atoms with van der Waals surface area (Å²) in [7, 11) is -1.41. The molecule has 0 radical (unpaired) electrons. The highest BCUT2D eigenvalue weighted by Crippen LogP contribution is 2.20. The number of aromatic nitrogens is 1. The fourth-order valence-corrected chi connectivity index (χ4v) is 4.38. The van der Waals surface area contributed by atoms with Gasteiger partial charge in [-0.05, 0) is 38.9 Å². The van der Waals surface area contributed by atoms with Crippen molar-refractivity contribution in [3.05, 3.63) is 18.0 Å². The fraction of sp³-hybridized carbons (Fsp3) is 0.714. The van der Waals surface area contributed by atoms with Gasteiger partial charge >= 0.3 is 0 Å². The van der Waals surface area contributed by atoms with Gasteiger partial charge in [-0.2, -0.15) is 0 Å². The Hall–Kier alpha value is -0.890. The maximum atomic E-state index is 12.5. The largest absolute Gasteiger partial charge is 0.349 e. The van der Waals surface area contributed by atoms with Gasteiger partial charge in [-0.1, -0.05) is 6.92 Å². The van der Waals surface area contributed by atoms with E-state index in [1.807, 2.05) is 11.5 Å². The molecule has 2 atom stereocenters. The molecular formula is C14H26N4O2S. The molecule has 0 aromatic carbocycles. The zero-order chi connectivity index (χ0) is 15.6. The van der Waals surface area contributed by atoms with E-state index in [0.29, 0.717) is 23.9 Å². The summed E-state index contributed by atoms with van der Waals surface area (Å²) in [5.41, 5.74) is 6.50. The highest BCUT2D eigenvalue weighted by Gasteiger charge is 2.29. The lowest BCUT2D eigenvalue weighted by atomic mass is 9.95. The molecule has 0 aliphatic carbocycles. The Morgan fingerprint density at radius 1 is 1.48 bits per heavy atom. The summed E-state index contributed by atoms with van der Waals surface area (Å²) in [6, 6.07) is 1.67. The van der Waals surface area contributed by atoms with Crippen LogP contribution in [0.4, 0.5) is 0 Å². The van der Waals surface area contributed by atoms with Crippen molar-refractivity contribution in [1.82, 2.24) is 14.2 Å². The molecule has 7 heteroatoms. The number of rotatable bonds is 5. The number of sulfonamides is 1. The molecule has 1 saturated heterocycles. The highest BCUT2D eigenvalue weighted by molar-refractivity contribution is 7.89. The molecule has 120 valence electrons. The lowest BCUT2D eigenvalue weighted by molar-refractivity contribution is 0.188. The maximum absolute atomic E-state index is 12.5. The Balaban J connectivity index is 2.16. The minimum absolute atomic E-state index is 0.00231. The van der Waals surface area contributed by atoms with E-state index in [1.165, 1.54) is 0 Å². The topological polar surface area (TPSA) is 80.4 Å². The molecule has 1 aliphatic rings. The molecule has 0 bridgehead atoms. The van der Waals surface area contributed by atoms with Gasteiger partial charge in [0.1, 0.15) is 0 Å². The van der Waals surface area contributed by atoms with Crippen LogP contribution in [0.1, 0.15) is 26.0 Å². The second-order valence-corrected chi connectivity index (χ2v) is 7.63. The molecule has 2 heterocycles. The van der Waals surface area contributed by atoms with Gasteiger partial charge in [-0.15, -0.1) is 0 Å². The zero-order valence-electron chi connectivity index (χ0n) is 13.0. The van der Waals surface area contributed by atoms with Crippen LogP contribution < -0.4 is 10.5 Å². The zero-order valence-corrected chi connectivity index (χ0v) is 13.9. The second-order valence-electron chi connectivity index (χ2n) is 5.91. The highest BCUT2D eigenvalue weighted by atomic mass is 32.2. The van der Waals surface area contributed by atoms with Crippen molar-refractivity contribution in [2.24, 2.45) is 11.7 Å². The summed E-state index contributed by atoms with van der Waals surface area (Å²) in [6.45, 7) is 6.95. The second kappa shape index (κ2) is 6.48. The van der Waals surface area contributed by atoms with E-state index in [1.54, 1.807) is 12.3 Å². The van der Waals surface area contributed by atoms with E-state index in [-0.39, 0.29) is 6.04 Å². The quantitative estimate of drug-likeness (QED) is 0.833. The molecular weight excluding hydrogens is 288 g/mol. The lowest BCUT2D eigenvalue weighted by Gasteiger charge is -2.34. The third-order valence-corrected chi connectivity index (χ3v) is 5.69. The van der Waals surface area contributed by atoms with Crippen LogP contribution in [-0.4, -0.2) is 44.1 Å². The van der Waals surface area contributed by atoms with Crippen LogP contribution in [0.3, 0.4) is 0 Å². The summed E-state index contributed by atoms with van der Waals surface area (Å²) in [5, 5.41) is 0. The van der Waals surface area contributed by atoms with Gasteiger partial charge in [0, 0.05) is 37.6 Å². The van der Waals surface area contributed by atoms with Crippen molar-refractivity contribution in [3.63, 3.8) is 0 Å². The Morgan fingerprint density at radius 3 is 2.71 bits per heavy atom. The van der Waals surface area contributed by atoms with Crippen molar-refractivity contribution < 1.29 is 8.42 Å². The summed E-state index contributed by atoms with van der Waals surface area (Å²) >= 11 is 0. The van der Waals surface area contributed by atoms with E-state index < -0.39 is 10.0 Å². The van der Waals surface area contributed by atoms with Crippen LogP contribution in [0.2, 0.25) is 0 Å². The van der Waals surface area contributed by atoms with Crippen molar-refractivity contribution in [3.8, 4) is 0 Å². The first-order chi connectivity index (χ1) is 9.87. The van der Waals surface area contributed by atoms with E-state index in [4.69, 9.17) is 5.73 Å². The summed E-state index contributed by atoms with van der Waals surface area (Å²) in [6.07, 6.45) is 2.51. The van der Waals surface area contributed by atoms with Gasteiger partial charge in [-0.25, -0.2) is 13.1 Å². The van der Waals surface area contributed by atoms with E-state index in [0.717, 1.165) is 25.2 Å². The Kier molecular flexibility index (Phi) is 5.08. The molecule has 0 spiro atoms. The van der Waals surface area contributed by atoms with Gasteiger partial charge in [0.25, 0.3) is 0 Å². The van der Waals surface area contributed by atoms with Gasteiger partial charge in [-0.3, -0.25) is 0 Å². The van der Waals surface area contributed by atoms with Gasteiger partial charge in [0.2, 0.25) is 10.0 Å². The number of hydrogen-bond donors (Lipinski definition) is 2. The third kappa shape index (κ3) is 3.66. The molecule has 1 aromatic rings. The number of hydrogen-bond acceptors (Lipinski definition) is 4. The summed E-state index contributed by atoms with van der Waals surface area (Å²) in [5.74, 6) is 0.306. The van der Waals surface area contributed by atoms with Gasteiger partial charge < -0.3 is 15.2 Å². The molecule has 1 fully saturated rings. The van der Waals surface area contributed by atoms with Gasteiger partial charge in [0.05, 0.1) is 4.90 Å². The first-order valence-corrected chi connectivity index (χ1v) is 8.95. The normalized spacial score (nSPS) is 24.4. The Bertz CT molecular complexity index is 560. The molecule has 0 amide bonds. The van der Waals surface area contributed by atoms with Crippen LogP contribution in [0, 0.1) is 5.92 Å². The van der Waals surface area contributed by atoms with Crippen LogP contribution in [0.25, 0.3) is 0 Å². The molecule has 21 heavy (non-hydrogen) atoms. The number of aryl methyl sites for hydroxylation is 1. The van der Waals surface area contributed by atoms with Crippen molar-refractivity contribution in [1.29, 1.82) is 0 Å². The number of likely N-dealkylation sites (tertiary alicyclic amines) is 1. The smallest absolute Gasteiger partial charge is 0.242 e. The van der Waals surface area contributed by atoms with E-state index in [9.17, 15) is 8.42 Å². The first kappa shape index (κ1) is 16.5. The van der Waals surface area contributed by atoms with Gasteiger partial charge in [0.15, 0.2) is 0 Å². The SMILES string of the molecule is CCn1cc(S(=O)(=O)NC2CCN(C)CC2C)cc1CN. The van der Waals surface area contributed by atoms with Crippen molar-refractivity contribution >= 4 is 10.0 Å².